The van der Waals surface area contributed by atoms with Crippen molar-refractivity contribution in [3.05, 3.63) is 65.5 Å². The number of carboxylic acids is 1. The molecule has 2 N–H and O–H groups in total. The lowest BCUT2D eigenvalue weighted by atomic mass is 9.97. The third-order valence-electron chi connectivity index (χ3n) is 4.79. The summed E-state index contributed by atoms with van der Waals surface area (Å²) in [6.45, 7) is 1.56. The van der Waals surface area contributed by atoms with E-state index < -0.39 is 5.97 Å². The number of rotatable bonds is 6. The number of amides is 2. The average molecular weight is 386 g/mol. The highest BCUT2D eigenvalue weighted by atomic mass is 19.1. The second kappa shape index (κ2) is 9.21. The van der Waals surface area contributed by atoms with Crippen LogP contribution in [0.1, 0.15) is 24.0 Å². The van der Waals surface area contributed by atoms with Crippen LogP contribution in [0.5, 0.6) is 5.75 Å². The van der Waals surface area contributed by atoms with Crippen LogP contribution in [-0.4, -0.2) is 35.1 Å². The molecule has 2 amide bonds. The Hall–Kier alpha value is -3.09. The molecule has 0 aromatic heterocycles. The number of piperidine rings is 1. The van der Waals surface area contributed by atoms with E-state index in [0.29, 0.717) is 38.2 Å². The molecule has 0 unspecified atom stereocenters. The van der Waals surface area contributed by atoms with Crippen molar-refractivity contribution in [3.8, 4) is 5.75 Å². The number of ether oxygens (including phenoxy) is 1. The van der Waals surface area contributed by atoms with E-state index in [1.54, 1.807) is 29.2 Å². The van der Waals surface area contributed by atoms with Gasteiger partial charge < -0.3 is 20.1 Å². The molecule has 7 heteroatoms. The summed E-state index contributed by atoms with van der Waals surface area (Å²) < 4.78 is 18.8. The first-order valence-electron chi connectivity index (χ1n) is 9.23. The molecule has 1 fully saturated rings. The monoisotopic (exact) mass is 386 g/mol. The number of nitrogens with one attached hydrogen (secondary N) is 1. The zero-order chi connectivity index (χ0) is 19.9. The van der Waals surface area contributed by atoms with E-state index in [-0.39, 0.29) is 24.4 Å². The summed E-state index contributed by atoms with van der Waals surface area (Å²) in [6, 6.07) is 13.4. The number of carbonyl (C=O) groups is 2. The van der Waals surface area contributed by atoms with Crippen molar-refractivity contribution in [1.82, 2.24) is 10.2 Å². The molecule has 2 aromatic carbocycles. The van der Waals surface area contributed by atoms with Crippen molar-refractivity contribution in [1.29, 1.82) is 0 Å². The maximum Gasteiger partial charge on any atom is 0.317 e. The Morgan fingerprint density at radius 1 is 1.11 bits per heavy atom. The van der Waals surface area contributed by atoms with Gasteiger partial charge in [-0.3, -0.25) is 4.79 Å². The predicted molar refractivity (Wildman–Crippen MR) is 101 cm³/mol. The Labute approximate surface area is 162 Å². The number of benzene rings is 2. The van der Waals surface area contributed by atoms with E-state index in [1.807, 2.05) is 12.1 Å². The van der Waals surface area contributed by atoms with Gasteiger partial charge in [0.25, 0.3) is 0 Å². The maximum atomic E-state index is 13.2. The molecule has 0 radical (unpaired) electrons. The van der Waals surface area contributed by atoms with Gasteiger partial charge in [-0.15, -0.1) is 0 Å². The van der Waals surface area contributed by atoms with Crippen LogP contribution in [0, 0.1) is 11.7 Å². The number of carbonyl (C=O) groups excluding carboxylic acids is 1. The van der Waals surface area contributed by atoms with Crippen LogP contribution in [0.25, 0.3) is 0 Å². The zero-order valence-corrected chi connectivity index (χ0v) is 15.4. The quantitative estimate of drug-likeness (QED) is 0.797. The summed E-state index contributed by atoms with van der Waals surface area (Å²) in [7, 11) is 0. The van der Waals surface area contributed by atoms with Crippen LogP contribution in [-0.2, 0) is 17.9 Å². The van der Waals surface area contributed by atoms with E-state index in [0.717, 1.165) is 11.1 Å². The lowest BCUT2D eigenvalue weighted by Gasteiger charge is -2.30. The molecule has 0 atom stereocenters. The van der Waals surface area contributed by atoms with Crippen molar-refractivity contribution in [2.75, 3.05) is 13.1 Å². The number of hydrogen-bond acceptors (Lipinski definition) is 3. The minimum atomic E-state index is -0.792. The summed E-state index contributed by atoms with van der Waals surface area (Å²) in [4.78, 5) is 24.8. The minimum Gasteiger partial charge on any atom is -0.489 e. The Kier molecular flexibility index (Phi) is 6.47. The van der Waals surface area contributed by atoms with Crippen LogP contribution < -0.4 is 10.1 Å². The van der Waals surface area contributed by atoms with Crippen molar-refractivity contribution in [2.24, 2.45) is 5.92 Å². The number of halogens is 1. The first-order chi connectivity index (χ1) is 13.5. The van der Waals surface area contributed by atoms with Gasteiger partial charge in [-0.05, 0) is 48.2 Å². The summed E-state index contributed by atoms with van der Waals surface area (Å²) in [5, 5.41) is 11.9. The molecule has 6 nitrogen and oxygen atoms in total. The second-order valence-corrected chi connectivity index (χ2v) is 6.82. The first-order valence-corrected chi connectivity index (χ1v) is 9.23. The van der Waals surface area contributed by atoms with Crippen molar-refractivity contribution >= 4 is 12.0 Å². The number of hydrogen-bond donors (Lipinski definition) is 2. The van der Waals surface area contributed by atoms with Gasteiger partial charge in [0.15, 0.2) is 0 Å². The molecule has 1 saturated heterocycles. The van der Waals surface area contributed by atoms with Gasteiger partial charge in [-0.1, -0.05) is 24.3 Å². The van der Waals surface area contributed by atoms with Gasteiger partial charge in [-0.25, -0.2) is 9.18 Å². The highest BCUT2D eigenvalue weighted by Gasteiger charge is 2.26. The summed E-state index contributed by atoms with van der Waals surface area (Å²) in [6.07, 6.45) is 0.972. The minimum absolute atomic E-state index is 0.185. The van der Waals surface area contributed by atoms with Crippen LogP contribution in [0.2, 0.25) is 0 Å². The average Bonchev–Trinajstić information content (AvgIpc) is 2.71. The SMILES string of the molecule is O=C(O)C1CCN(C(=O)NCc2ccc(OCc3cccc(F)c3)cc2)CC1. The molecule has 0 bridgehead atoms. The Balaban J connectivity index is 1.43. The molecule has 2 aromatic rings. The van der Waals surface area contributed by atoms with Gasteiger partial charge in [0.1, 0.15) is 18.2 Å². The molecule has 28 heavy (non-hydrogen) atoms. The first kappa shape index (κ1) is 19.7. The number of urea groups is 1. The maximum absolute atomic E-state index is 13.2. The third-order valence-corrected chi connectivity index (χ3v) is 4.79. The molecular weight excluding hydrogens is 363 g/mol. The molecular formula is C21H23FN2O4. The van der Waals surface area contributed by atoms with Gasteiger partial charge in [-0.2, -0.15) is 0 Å². The lowest BCUT2D eigenvalue weighted by molar-refractivity contribution is -0.143. The fraction of sp³-hybridized carbons (Fsp3) is 0.333. The highest BCUT2D eigenvalue weighted by Crippen LogP contribution is 2.18. The fourth-order valence-corrected chi connectivity index (χ4v) is 3.12. The zero-order valence-electron chi connectivity index (χ0n) is 15.4. The Morgan fingerprint density at radius 3 is 2.46 bits per heavy atom. The van der Waals surface area contributed by atoms with Gasteiger partial charge >= 0.3 is 12.0 Å². The van der Waals surface area contributed by atoms with E-state index >= 15 is 0 Å². The van der Waals surface area contributed by atoms with E-state index in [9.17, 15) is 14.0 Å². The molecule has 1 aliphatic rings. The van der Waals surface area contributed by atoms with Crippen LogP contribution in [0.3, 0.4) is 0 Å². The number of likely N-dealkylation sites (tertiary alicyclic amines) is 1. The Bertz CT molecular complexity index is 817. The van der Waals surface area contributed by atoms with Gasteiger partial charge in [0.05, 0.1) is 5.92 Å². The second-order valence-electron chi connectivity index (χ2n) is 6.82. The molecule has 1 heterocycles. The van der Waals surface area contributed by atoms with Crippen molar-refractivity contribution in [2.45, 2.75) is 26.0 Å². The van der Waals surface area contributed by atoms with E-state index in [4.69, 9.17) is 9.84 Å². The van der Waals surface area contributed by atoms with Crippen LogP contribution >= 0.6 is 0 Å². The number of aliphatic carboxylic acids is 1. The molecule has 3 rings (SSSR count). The predicted octanol–water partition coefficient (Wildman–Crippen LogP) is 3.41. The van der Waals surface area contributed by atoms with Crippen molar-refractivity contribution < 1.29 is 23.8 Å². The van der Waals surface area contributed by atoms with E-state index in [2.05, 4.69) is 5.32 Å². The van der Waals surface area contributed by atoms with Gasteiger partial charge in [0.2, 0.25) is 0 Å². The third kappa shape index (κ3) is 5.45. The van der Waals surface area contributed by atoms with Gasteiger partial charge in [0, 0.05) is 19.6 Å². The molecule has 0 aliphatic carbocycles. The van der Waals surface area contributed by atoms with Crippen molar-refractivity contribution in [3.63, 3.8) is 0 Å². The standard InChI is InChI=1S/C21H23FN2O4/c22-18-3-1-2-16(12-18)14-28-19-6-4-15(5-7-19)13-23-21(27)24-10-8-17(9-11-24)20(25)26/h1-7,12,17H,8-11,13-14H2,(H,23,27)(H,25,26). The number of carboxylic acid groups (broad SMARTS) is 1. The molecule has 0 spiro atoms. The Morgan fingerprint density at radius 2 is 1.82 bits per heavy atom. The summed E-state index contributed by atoms with van der Waals surface area (Å²) >= 11 is 0. The lowest BCUT2D eigenvalue weighted by Crippen LogP contribution is -2.45. The van der Waals surface area contributed by atoms with Crippen LogP contribution in [0.4, 0.5) is 9.18 Å². The van der Waals surface area contributed by atoms with E-state index in [1.165, 1.54) is 12.1 Å². The topological polar surface area (TPSA) is 78.9 Å². The summed E-state index contributed by atoms with van der Waals surface area (Å²) in [5.41, 5.74) is 1.68. The fourth-order valence-electron chi connectivity index (χ4n) is 3.12. The normalized spacial score (nSPS) is 14.5. The van der Waals surface area contributed by atoms with Crippen LogP contribution in [0.15, 0.2) is 48.5 Å². The molecule has 148 valence electrons. The summed E-state index contributed by atoms with van der Waals surface area (Å²) in [5.74, 6) is -0.779. The number of nitrogens with zero attached hydrogens (tertiary/aromatic N) is 1. The largest absolute Gasteiger partial charge is 0.489 e. The highest BCUT2D eigenvalue weighted by molar-refractivity contribution is 5.75. The molecule has 0 saturated carbocycles. The molecule has 1 aliphatic heterocycles. The smallest absolute Gasteiger partial charge is 0.317 e.